The van der Waals surface area contributed by atoms with E-state index < -0.39 is 5.82 Å². The summed E-state index contributed by atoms with van der Waals surface area (Å²) in [6.07, 6.45) is 0.438. The first-order valence-corrected chi connectivity index (χ1v) is 5.78. The van der Waals surface area contributed by atoms with Gasteiger partial charge in [0, 0.05) is 11.3 Å². The molecule has 0 heterocycles. The zero-order chi connectivity index (χ0) is 13.3. The Morgan fingerprint density at radius 2 is 1.78 bits per heavy atom. The second-order valence-electron chi connectivity index (χ2n) is 3.68. The zero-order valence-corrected chi connectivity index (χ0v) is 10.6. The molecule has 5 heteroatoms. The van der Waals surface area contributed by atoms with Gasteiger partial charge in [-0.25, -0.2) is 4.39 Å². The van der Waals surface area contributed by atoms with Gasteiger partial charge < -0.3 is 5.73 Å². The summed E-state index contributed by atoms with van der Waals surface area (Å²) in [5.74, 6) is -0.619. The number of aldehydes is 1. The highest BCUT2D eigenvalue weighted by atomic mass is 35.5. The Hall–Kier alpha value is -1.58. The third-order valence-electron chi connectivity index (χ3n) is 2.50. The second kappa shape index (κ2) is 4.96. The van der Waals surface area contributed by atoms with Crippen molar-refractivity contribution in [2.75, 3.05) is 5.73 Å². The lowest BCUT2D eigenvalue weighted by molar-refractivity contribution is 0.112. The van der Waals surface area contributed by atoms with Gasteiger partial charge in [0.05, 0.1) is 15.6 Å². The van der Waals surface area contributed by atoms with E-state index in [0.29, 0.717) is 23.1 Å². The Morgan fingerprint density at radius 1 is 1.17 bits per heavy atom. The third-order valence-corrected chi connectivity index (χ3v) is 3.10. The van der Waals surface area contributed by atoms with Crippen molar-refractivity contribution in [3.05, 3.63) is 51.8 Å². The predicted octanol–water partition coefficient (Wildman–Crippen LogP) is 4.19. The number of halogens is 3. The summed E-state index contributed by atoms with van der Waals surface area (Å²) in [6.45, 7) is 0. The Labute approximate surface area is 113 Å². The van der Waals surface area contributed by atoms with Crippen LogP contribution in [0.3, 0.4) is 0 Å². The van der Waals surface area contributed by atoms with Crippen molar-refractivity contribution in [1.82, 2.24) is 0 Å². The molecular formula is C13H8Cl2FNO. The number of carbonyl (C=O) groups excluding carboxylic acids is 1. The minimum absolute atomic E-state index is 0.0777. The Morgan fingerprint density at radius 3 is 2.33 bits per heavy atom. The molecule has 92 valence electrons. The molecule has 2 N–H and O–H groups in total. The van der Waals surface area contributed by atoms with Gasteiger partial charge in [0.2, 0.25) is 0 Å². The summed E-state index contributed by atoms with van der Waals surface area (Å²) < 4.78 is 13.5. The number of nitrogens with two attached hydrogens (primary N) is 1. The van der Waals surface area contributed by atoms with Gasteiger partial charge in [0.25, 0.3) is 0 Å². The molecule has 0 fully saturated rings. The molecule has 0 bridgehead atoms. The van der Waals surface area contributed by atoms with Gasteiger partial charge in [0.1, 0.15) is 5.82 Å². The van der Waals surface area contributed by atoms with E-state index in [4.69, 9.17) is 28.9 Å². The average molecular weight is 284 g/mol. The van der Waals surface area contributed by atoms with Crippen molar-refractivity contribution < 1.29 is 9.18 Å². The van der Waals surface area contributed by atoms with Crippen molar-refractivity contribution >= 4 is 35.2 Å². The number of carbonyl (C=O) groups is 1. The first-order chi connectivity index (χ1) is 8.54. The summed E-state index contributed by atoms with van der Waals surface area (Å²) in [4.78, 5) is 11.0. The molecule has 0 aliphatic rings. The van der Waals surface area contributed by atoms with Crippen molar-refractivity contribution in [3.63, 3.8) is 0 Å². The molecular weight excluding hydrogens is 276 g/mol. The molecule has 0 aromatic heterocycles. The summed E-state index contributed by atoms with van der Waals surface area (Å²) in [5, 5.41) is 0.544. The molecule has 0 unspecified atom stereocenters. The topological polar surface area (TPSA) is 43.1 Å². The lowest BCUT2D eigenvalue weighted by Crippen LogP contribution is -1.95. The Balaban J connectivity index is 2.77. The van der Waals surface area contributed by atoms with E-state index in [2.05, 4.69) is 0 Å². The Kier molecular flexibility index (Phi) is 3.55. The minimum atomic E-state index is -0.619. The largest absolute Gasteiger partial charge is 0.399 e. The highest BCUT2D eigenvalue weighted by molar-refractivity contribution is 6.39. The minimum Gasteiger partial charge on any atom is -0.399 e. The predicted molar refractivity (Wildman–Crippen MR) is 71.7 cm³/mol. The molecule has 0 saturated carbocycles. The lowest BCUT2D eigenvalue weighted by atomic mass is 9.99. The van der Waals surface area contributed by atoms with Crippen molar-refractivity contribution in [2.45, 2.75) is 0 Å². The van der Waals surface area contributed by atoms with Crippen LogP contribution in [0, 0.1) is 5.82 Å². The number of rotatable bonds is 2. The van der Waals surface area contributed by atoms with Crippen molar-refractivity contribution in [2.24, 2.45) is 0 Å². The fourth-order valence-electron chi connectivity index (χ4n) is 1.72. The number of hydrogen-bond donors (Lipinski definition) is 1. The molecule has 18 heavy (non-hydrogen) atoms. The summed E-state index contributed by atoms with van der Waals surface area (Å²) in [6, 6.07) is 7.27. The first-order valence-electron chi connectivity index (χ1n) is 5.03. The third kappa shape index (κ3) is 2.19. The highest BCUT2D eigenvalue weighted by Crippen LogP contribution is 2.38. The van der Waals surface area contributed by atoms with Gasteiger partial charge in [-0.15, -0.1) is 0 Å². The number of nitrogen functional groups attached to an aromatic ring is 1. The van der Waals surface area contributed by atoms with Crippen LogP contribution in [-0.4, -0.2) is 6.29 Å². The van der Waals surface area contributed by atoms with Crippen LogP contribution in [0.2, 0.25) is 10.0 Å². The number of anilines is 1. The van der Waals surface area contributed by atoms with E-state index in [1.807, 2.05) is 0 Å². The SMILES string of the molecule is Nc1cc(Cl)c(-c2cccc(F)c2C=O)c(Cl)c1. The van der Waals surface area contributed by atoms with Crippen LogP contribution in [0.15, 0.2) is 30.3 Å². The molecule has 2 aromatic rings. The Bertz CT molecular complexity index is 605. The van der Waals surface area contributed by atoms with E-state index in [1.165, 1.54) is 24.3 Å². The van der Waals surface area contributed by atoms with Gasteiger partial charge in [-0.1, -0.05) is 35.3 Å². The number of benzene rings is 2. The first kappa shape index (κ1) is 12.9. The van der Waals surface area contributed by atoms with E-state index in [1.54, 1.807) is 6.07 Å². The standard InChI is InChI=1S/C13H8Cl2FNO/c14-10-4-7(17)5-11(15)13(10)8-2-1-3-12(16)9(8)6-18/h1-6H,17H2. The fraction of sp³-hybridized carbons (Fsp3) is 0. The maximum Gasteiger partial charge on any atom is 0.153 e. The molecule has 0 radical (unpaired) electrons. The van der Waals surface area contributed by atoms with Crippen LogP contribution in [0.25, 0.3) is 11.1 Å². The van der Waals surface area contributed by atoms with Crippen LogP contribution in [0.1, 0.15) is 10.4 Å². The van der Waals surface area contributed by atoms with Gasteiger partial charge in [-0.05, 0) is 23.8 Å². The normalized spacial score (nSPS) is 10.4. The maximum absolute atomic E-state index is 13.5. The highest BCUT2D eigenvalue weighted by Gasteiger charge is 2.15. The molecule has 0 saturated heterocycles. The van der Waals surface area contributed by atoms with Crippen LogP contribution < -0.4 is 5.73 Å². The van der Waals surface area contributed by atoms with E-state index in [0.717, 1.165) is 0 Å². The summed E-state index contributed by atoms with van der Waals surface area (Å²) in [5.41, 5.74) is 6.66. The molecule has 2 nitrogen and oxygen atoms in total. The molecule has 2 aromatic carbocycles. The van der Waals surface area contributed by atoms with Crippen molar-refractivity contribution in [1.29, 1.82) is 0 Å². The smallest absolute Gasteiger partial charge is 0.153 e. The summed E-state index contributed by atoms with van der Waals surface area (Å²) in [7, 11) is 0. The van der Waals surface area contributed by atoms with Gasteiger partial charge in [-0.3, -0.25) is 4.79 Å². The molecule has 0 atom stereocenters. The quantitative estimate of drug-likeness (QED) is 0.663. The monoisotopic (exact) mass is 283 g/mol. The lowest BCUT2D eigenvalue weighted by Gasteiger charge is -2.11. The van der Waals surface area contributed by atoms with Crippen molar-refractivity contribution in [3.8, 4) is 11.1 Å². The van der Waals surface area contributed by atoms with Crippen LogP contribution in [0.5, 0.6) is 0 Å². The van der Waals surface area contributed by atoms with Crippen LogP contribution >= 0.6 is 23.2 Å². The van der Waals surface area contributed by atoms with Crippen LogP contribution in [-0.2, 0) is 0 Å². The molecule has 0 amide bonds. The van der Waals surface area contributed by atoms with Crippen LogP contribution in [0.4, 0.5) is 10.1 Å². The maximum atomic E-state index is 13.5. The second-order valence-corrected chi connectivity index (χ2v) is 4.49. The zero-order valence-electron chi connectivity index (χ0n) is 9.08. The fourth-order valence-corrected chi connectivity index (χ4v) is 2.43. The molecule has 0 aliphatic heterocycles. The van der Waals surface area contributed by atoms with Gasteiger partial charge >= 0.3 is 0 Å². The van der Waals surface area contributed by atoms with E-state index in [-0.39, 0.29) is 15.6 Å². The average Bonchev–Trinajstić information content (AvgIpc) is 2.27. The van der Waals surface area contributed by atoms with Gasteiger partial charge in [0.15, 0.2) is 6.29 Å². The molecule has 0 spiro atoms. The molecule has 0 aliphatic carbocycles. The number of hydrogen-bond acceptors (Lipinski definition) is 2. The molecule has 2 rings (SSSR count). The van der Waals surface area contributed by atoms with Gasteiger partial charge in [-0.2, -0.15) is 0 Å². The summed E-state index contributed by atoms with van der Waals surface area (Å²) >= 11 is 12.1. The van der Waals surface area contributed by atoms with E-state index in [9.17, 15) is 9.18 Å². The van der Waals surface area contributed by atoms with E-state index >= 15 is 0 Å².